The smallest absolute Gasteiger partial charge is 0.230 e. The van der Waals surface area contributed by atoms with E-state index in [1.165, 1.54) is 0 Å². The molecule has 3 aliphatic rings. The number of carbonyl (C=O) groups is 2. The maximum atomic E-state index is 13.2. The van der Waals surface area contributed by atoms with E-state index in [-0.39, 0.29) is 23.3 Å². The van der Waals surface area contributed by atoms with Gasteiger partial charge in [-0.2, -0.15) is 0 Å². The lowest BCUT2D eigenvalue weighted by molar-refractivity contribution is -0.129. The monoisotopic (exact) mass is 368 g/mol. The predicted molar refractivity (Wildman–Crippen MR) is 105 cm³/mol. The fraction of sp³-hybridized carbons (Fsp3) is 0.545. The van der Waals surface area contributed by atoms with E-state index in [4.69, 9.17) is 4.74 Å². The number of benzene rings is 1. The molecule has 1 saturated heterocycles. The van der Waals surface area contributed by atoms with Gasteiger partial charge in [-0.3, -0.25) is 9.59 Å². The number of nitrogens with one attached hydrogen (secondary N) is 1. The Balaban J connectivity index is 1.49. The third-order valence-electron chi connectivity index (χ3n) is 7.16. The van der Waals surface area contributed by atoms with Crippen molar-refractivity contribution in [1.82, 2.24) is 5.32 Å². The zero-order valence-electron chi connectivity index (χ0n) is 16.4. The highest BCUT2D eigenvalue weighted by molar-refractivity contribution is 5.98. The van der Waals surface area contributed by atoms with E-state index in [0.29, 0.717) is 24.6 Å². The number of fused-ring (bicyclic) bond motifs is 2. The molecule has 0 aromatic heterocycles. The van der Waals surface area contributed by atoms with Crippen molar-refractivity contribution in [2.45, 2.75) is 45.6 Å². The van der Waals surface area contributed by atoms with Crippen LogP contribution in [0, 0.1) is 16.7 Å². The van der Waals surface area contributed by atoms with Crippen LogP contribution in [0.1, 0.15) is 39.5 Å². The fourth-order valence-electron chi connectivity index (χ4n) is 5.36. The Labute approximate surface area is 160 Å². The van der Waals surface area contributed by atoms with Crippen molar-refractivity contribution in [2.75, 3.05) is 18.6 Å². The summed E-state index contributed by atoms with van der Waals surface area (Å²) < 4.78 is 5.39. The van der Waals surface area contributed by atoms with Crippen molar-refractivity contribution in [3.05, 3.63) is 36.4 Å². The first-order chi connectivity index (χ1) is 12.8. The summed E-state index contributed by atoms with van der Waals surface area (Å²) in [6, 6.07) is 7.31. The zero-order valence-corrected chi connectivity index (χ0v) is 16.4. The van der Waals surface area contributed by atoms with Crippen LogP contribution in [0.25, 0.3) is 0 Å². The lowest BCUT2D eigenvalue weighted by Crippen LogP contribution is -2.46. The molecule has 27 heavy (non-hydrogen) atoms. The maximum Gasteiger partial charge on any atom is 0.230 e. The molecule has 3 unspecified atom stereocenters. The normalized spacial score (nSPS) is 31.4. The Morgan fingerprint density at radius 1 is 1.33 bits per heavy atom. The molecule has 3 atom stereocenters. The summed E-state index contributed by atoms with van der Waals surface area (Å²) in [6.07, 6.45) is 3.17. The molecule has 5 heteroatoms. The average Bonchev–Trinajstić information content (AvgIpc) is 3.30. The first kappa shape index (κ1) is 18.1. The third-order valence-corrected chi connectivity index (χ3v) is 7.16. The minimum absolute atomic E-state index is 0.0113. The second-order valence-corrected chi connectivity index (χ2v) is 8.77. The van der Waals surface area contributed by atoms with Crippen molar-refractivity contribution in [3.63, 3.8) is 0 Å². The van der Waals surface area contributed by atoms with Crippen LogP contribution in [-0.2, 0) is 9.59 Å². The van der Waals surface area contributed by atoms with Crippen LogP contribution in [-0.4, -0.2) is 31.5 Å². The van der Waals surface area contributed by atoms with Crippen LogP contribution in [0.2, 0.25) is 0 Å². The third kappa shape index (κ3) is 2.59. The zero-order chi connectivity index (χ0) is 19.4. The van der Waals surface area contributed by atoms with Crippen LogP contribution >= 0.6 is 0 Å². The quantitative estimate of drug-likeness (QED) is 0.830. The minimum atomic E-state index is -0.449. The molecule has 1 aliphatic heterocycles. The number of anilines is 1. The highest BCUT2D eigenvalue weighted by Gasteiger charge is 2.61. The van der Waals surface area contributed by atoms with E-state index in [1.54, 1.807) is 12.0 Å². The maximum absolute atomic E-state index is 13.2. The standard InChI is InChI=1S/C22H28N2O3/c1-14-21(2,3)15-9-10-22(14,12-15)20(26)23-16-11-19(25)24(13-16)17-7-5-6-8-18(17)27-4/h5-8,15-16H,1,9-13H2,2-4H3,(H,23,26). The lowest BCUT2D eigenvalue weighted by atomic mass is 9.68. The average molecular weight is 368 g/mol. The summed E-state index contributed by atoms with van der Waals surface area (Å²) in [5.74, 6) is 1.27. The van der Waals surface area contributed by atoms with Gasteiger partial charge in [0.1, 0.15) is 5.75 Å². The number of amides is 2. The Morgan fingerprint density at radius 3 is 2.74 bits per heavy atom. The Hall–Kier alpha value is -2.30. The Bertz CT molecular complexity index is 816. The Kier molecular flexibility index (Phi) is 4.09. The largest absolute Gasteiger partial charge is 0.495 e. The number of para-hydroxylation sites is 2. The summed E-state index contributed by atoms with van der Waals surface area (Å²) in [4.78, 5) is 27.5. The van der Waals surface area contributed by atoms with Crippen molar-refractivity contribution in [3.8, 4) is 5.75 Å². The minimum Gasteiger partial charge on any atom is -0.495 e. The number of methoxy groups -OCH3 is 1. The van der Waals surface area contributed by atoms with Gasteiger partial charge in [0.05, 0.1) is 24.3 Å². The van der Waals surface area contributed by atoms with Gasteiger partial charge in [0.2, 0.25) is 11.8 Å². The molecule has 1 aromatic rings. The van der Waals surface area contributed by atoms with E-state index in [0.717, 1.165) is 30.5 Å². The first-order valence-electron chi connectivity index (χ1n) is 9.74. The van der Waals surface area contributed by atoms with Crippen LogP contribution in [0.3, 0.4) is 0 Å². The van der Waals surface area contributed by atoms with Crippen molar-refractivity contribution >= 4 is 17.5 Å². The molecule has 144 valence electrons. The summed E-state index contributed by atoms with van der Waals surface area (Å²) in [7, 11) is 1.60. The summed E-state index contributed by atoms with van der Waals surface area (Å²) in [5, 5.41) is 3.17. The van der Waals surface area contributed by atoms with Crippen LogP contribution in [0.5, 0.6) is 5.75 Å². The number of carbonyl (C=O) groups excluding carboxylic acids is 2. The molecule has 2 bridgehead atoms. The van der Waals surface area contributed by atoms with Gasteiger partial charge in [0.15, 0.2) is 0 Å². The SMILES string of the molecule is C=C1C2(C(=O)NC3CC(=O)N(c4ccccc4OC)C3)CCC(C2)C1(C)C. The lowest BCUT2D eigenvalue weighted by Gasteiger charge is -2.37. The fourth-order valence-corrected chi connectivity index (χ4v) is 5.36. The molecule has 0 radical (unpaired) electrons. The topological polar surface area (TPSA) is 58.6 Å². The molecule has 2 amide bonds. The van der Waals surface area contributed by atoms with Gasteiger partial charge in [-0.15, -0.1) is 0 Å². The number of hydrogen-bond donors (Lipinski definition) is 1. The van der Waals surface area contributed by atoms with Gasteiger partial charge in [0.25, 0.3) is 0 Å². The molecule has 1 aromatic carbocycles. The van der Waals surface area contributed by atoms with E-state index >= 15 is 0 Å². The van der Waals surface area contributed by atoms with Crippen LogP contribution in [0.15, 0.2) is 36.4 Å². The molecule has 3 fully saturated rings. The highest BCUT2D eigenvalue weighted by atomic mass is 16.5. The number of ether oxygens (including phenoxy) is 1. The molecule has 2 saturated carbocycles. The summed E-state index contributed by atoms with van der Waals surface area (Å²) >= 11 is 0. The summed E-state index contributed by atoms with van der Waals surface area (Å²) in [6.45, 7) is 9.19. The van der Waals surface area contributed by atoms with Gasteiger partial charge in [0, 0.05) is 13.0 Å². The molecular weight excluding hydrogens is 340 g/mol. The van der Waals surface area contributed by atoms with Gasteiger partial charge < -0.3 is 15.0 Å². The molecule has 4 rings (SSSR count). The predicted octanol–water partition coefficient (Wildman–Crippen LogP) is 3.30. The molecule has 0 spiro atoms. The number of rotatable bonds is 4. The molecule has 1 N–H and O–H groups in total. The van der Waals surface area contributed by atoms with Crippen molar-refractivity contribution in [1.29, 1.82) is 0 Å². The number of nitrogens with zero attached hydrogens (tertiary/aromatic N) is 1. The van der Waals surface area contributed by atoms with E-state index < -0.39 is 5.41 Å². The second kappa shape index (κ2) is 6.11. The number of hydrogen-bond acceptors (Lipinski definition) is 3. The van der Waals surface area contributed by atoms with Crippen LogP contribution in [0.4, 0.5) is 5.69 Å². The van der Waals surface area contributed by atoms with Gasteiger partial charge in [-0.05, 0) is 42.7 Å². The highest BCUT2D eigenvalue weighted by Crippen LogP contribution is 2.65. The molecule has 5 nitrogen and oxygen atoms in total. The molecule has 2 aliphatic carbocycles. The van der Waals surface area contributed by atoms with E-state index in [1.807, 2.05) is 24.3 Å². The second-order valence-electron chi connectivity index (χ2n) is 8.77. The summed E-state index contributed by atoms with van der Waals surface area (Å²) in [5.41, 5.74) is 1.39. The van der Waals surface area contributed by atoms with E-state index in [2.05, 4.69) is 25.7 Å². The molecular formula is C22H28N2O3. The first-order valence-corrected chi connectivity index (χ1v) is 9.74. The van der Waals surface area contributed by atoms with Crippen LogP contribution < -0.4 is 15.0 Å². The van der Waals surface area contributed by atoms with Gasteiger partial charge >= 0.3 is 0 Å². The van der Waals surface area contributed by atoms with Gasteiger partial charge in [-0.25, -0.2) is 0 Å². The van der Waals surface area contributed by atoms with E-state index in [9.17, 15) is 9.59 Å². The van der Waals surface area contributed by atoms with Crippen molar-refractivity contribution in [2.24, 2.45) is 16.7 Å². The Morgan fingerprint density at radius 2 is 2.07 bits per heavy atom. The van der Waals surface area contributed by atoms with Crippen molar-refractivity contribution < 1.29 is 14.3 Å². The molecule has 1 heterocycles. The van der Waals surface area contributed by atoms with Gasteiger partial charge in [-0.1, -0.05) is 38.1 Å².